The third kappa shape index (κ3) is 3.33. The Morgan fingerprint density at radius 3 is 2.86 bits per heavy atom. The van der Waals surface area contributed by atoms with Gasteiger partial charge in [0.05, 0.1) is 24.4 Å². The molecule has 1 atom stereocenters. The second-order valence-electron chi connectivity index (χ2n) is 4.29. The highest BCUT2D eigenvalue weighted by Gasteiger charge is 2.34. The van der Waals surface area contributed by atoms with E-state index in [0.29, 0.717) is 18.1 Å². The Hall–Kier alpha value is -0.510. The number of sulfone groups is 1. The molecule has 1 fully saturated rings. The van der Waals surface area contributed by atoms with Crippen molar-refractivity contribution in [2.75, 3.05) is 18.1 Å². The molecule has 0 N–H and O–H groups in total. The van der Waals surface area contributed by atoms with Crippen molar-refractivity contribution in [1.29, 1.82) is 0 Å². The van der Waals surface area contributed by atoms with Crippen LogP contribution in [0.25, 0.3) is 0 Å². The van der Waals surface area contributed by atoms with E-state index >= 15 is 0 Å². The lowest BCUT2D eigenvalue weighted by atomic mass is 9.84. The zero-order valence-electron chi connectivity index (χ0n) is 8.66. The first-order chi connectivity index (χ1) is 6.47. The summed E-state index contributed by atoms with van der Waals surface area (Å²) in [5.74, 6) is 0.658. The fourth-order valence-electron chi connectivity index (χ4n) is 1.98. The van der Waals surface area contributed by atoms with E-state index in [1.165, 1.54) is 6.26 Å². The number of rotatable bonds is 4. The molecule has 0 bridgehead atoms. The van der Waals surface area contributed by atoms with Crippen molar-refractivity contribution in [3.8, 4) is 0 Å². The van der Waals surface area contributed by atoms with Gasteiger partial charge in [-0.15, -0.1) is 0 Å². The van der Waals surface area contributed by atoms with Crippen molar-refractivity contribution in [3.05, 3.63) is 12.8 Å². The van der Waals surface area contributed by atoms with E-state index in [2.05, 4.69) is 6.58 Å². The van der Waals surface area contributed by atoms with Crippen LogP contribution in [-0.2, 0) is 14.6 Å². The molecular weight excluding hydrogens is 200 g/mol. The van der Waals surface area contributed by atoms with E-state index in [9.17, 15) is 8.42 Å². The van der Waals surface area contributed by atoms with E-state index in [1.807, 2.05) is 6.92 Å². The van der Waals surface area contributed by atoms with E-state index in [4.69, 9.17) is 4.74 Å². The Kier molecular flexibility index (Phi) is 3.59. The van der Waals surface area contributed by atoms with Crippen LogP contribution in [0.4, 0.5) is 0 Å². The second-order valence-corrected chi connectivity index (χ2v) is 6.48. The molecule has 0 saturated carbocycles. The first kappa shape index (κ1) is 11.6. The van der Waals surface area contributed by atoms with Gasteiger partial charge in [-0.1, -0.05) is 13.5 Å². The number of hydrogen-bond donors (Lipinski definition) is 0. The van der Waals surface area contributed by atoms with Crippen LogP contribution in [0.1, 0.15) is 26.2 Å². The summed E-state index contributed by atoms with van der Waals surface area (Å²) in [5, 5.41) is 0. The van der Waals surface area contributed by atoms with Crippen molar-refractivity contribution in [2.24, 2.45) is 5.41 Å². The van der Waals surface area contributed by atoms with Gasteiger partial charge in [-0.2, -0.15) is 0 Å². The van der Waals surface area contributed by atoms with Gasteiger partial charge < -0.3 is 4.74 Å². The quantitative estimate of drug-likeness (QED) is 0.533. The molecule has 1 rings (SSSR count). The summed E-state index contributed by atoms with van der Waals surface area (Å²) in [5.41, 5.74) is -0.0971. The molecule has 0 spiro atoms. The maximum Gasteiger partial charge on any atom is 0.150 e. The van der Waals surface area contributed by atoms with Crippen molar-refractivity contribution >= 4 is 9.84 Å². The molecule has 0 aromatic heterocycles. The zero-order valence-corrected chi connectivity index (χ0v) is 9.48. The molecule has 0 aliphatic carbocycles. The molecule has 0 aromatic rings. The molecule has 4 heteroatoms. The average molecular weight is 218 g/mol. The molecule has 0 amide bonds. The van der Waals surface area contributed by atoms with E-state index in [0.717, 1.165) is 19.3 Å². The van der Waals surface area contributed by atoms with Gasteiger partial charge in [0.15, 0.2) is 9.84 Å². The lowest BCUT2D eigenvalue weighted by Crippen LogP contribution is -2.34. The predicted octanol–water partition coefficient (Wildman–Crippen LogP) is 1.75. The molecule has 14 heavy (non-hydrogen) atoms. The van der Waals surface area contributed by atoms with Gasteiger partial charge in [-0.3, -0.25) is 0 Å². The molecule has 1 aliphatic heterocycles. The SMILES string of the molecule is C=COCCC1(C)CCCS(=O)(=O)C1. The van der Waals surface area contributed by atoms with Gasteiger partial charge in [0, 0.05) is 0 Å². The number of hydrogen-bond acceptors (Lipinski definition) is 3. The summed E-state index contributed by atoms with van der Waals surface area (Å²) in [4.78, 5) is 0. The fourth-order valence-corrected chi connectivity index (χ4v) is 4.06. The van der Waals surface area contributed by atoms with Crippen LogP contribution in [0.2, 0.25) is 0 Å². The van der Waals surface area contributed by atoms with Crippen molar-refractivity contribution in [3.63, 3.8) is 0 Å². The minimum Gasteiger partial charge on any atom is -0.502 e. The lowest BCUT2D eigenvalue weighted by Gasteiger charge is -2.32. The maximum absolute atomic E-state index is 11.4. The average Bonchev–Trinajstić information content (AvgIpc) is 2.01. The van der Waals surface area contributed by atoms with Crippen LogP contribution in [0.5, 0.6) is 0 Å². The number of ether oxygens (including phenoxy) is 1. The summed E-state index contributed by atoms with van der Waals surface area (Å²) in [7, 11) is -2.81. The third-order valence-electron chi connectivity index (χ3n) is 2.75. The standard InChI is InChI=1S/C10H18O3S/c1-3-13-7-6-10(2)5-4-8-14(11,12)9-10/h3H,1,4-9H2,2H3. The molecule has 0 radical (unpaired) electrons. The van der Waals surface area contributed by atoms with E-state index < -0.39 is 9.84 Å². The van der Waals surface area contributed by atoms with Crippen LogP contribution in [0, 0.1) is 5.41 Å². The summed E-state index contributed by atoms with van der Waals surface area (Å²) in [6.07, 6.45) is 3.96. The molecular formula is C10H18O3S. The molecule has 3 nitrogen and oxygen atoms in total. The van der Waals surface area contributed by atoms with E-state index in [-0.39, 0.29) is 5.41 Å². The zero-order chi connectivity index (χ0) is 10.7. The van der Waals surface area contributed by atoms with Gasteiger partial charge in [0.2, 0.25) is 0 Å². The Labute approximate surface area is 86.1 Å². The monoisotopic (exact) mass is 218 g/mol. The van der Waals surface area contributed by atoms with E-state index in [1.54, 1.807) is 0 Å². The van der Waals surface area contributed by atoms with Gasteiger partial charge >= 0.3 is 0 Å². The Bertz CT molecular complexity index is 294. The highest BCUT2D eigenvalue weighted by atomic mass is 32.2. The largest absolute Gasteiger partial charge is 0.502 e. The van der Waals surface area contributed by atoms with Crippen molar-refractivity contribution < 1.29 is 13.2 Å². The van der Waals surface area contributed by atoms with Gasteiger partial charge in [-0.05, 0) is 24.7 Å². The summed E-state index contributed by atoms with van der Waals surface area (Å²) < 4.78 is 27.9. The smallest absolute Gasteiger partial charge is 0.150 e. The van der Waals surface area contributed by atoms with Crippen LogP contribution in [0.15, 0.2) is 12.8 Å². The first-order valence-corrected chi connectivity index (χ1v) is 6.73. The van der Waals surface area contributed by atoms with Crippen molar-refractivity contribution in [2.45, 2.75) is 26.2 Å². The van der Waals surface area contributed by atoms with Crippen LogP contribution >= 0.6 is 0 Å². The summed E-state index contributed by atoms with van der Waals surface area (Å²) in [6.45, 7) is 6.04. The second kappa shape index (κ2) is 4.34. The minimum absolute atomic E-state index is 0.0971. The molecule has 82 valence electrons. The normalized spacial score (nSPS) is 30.9. The fraction of sp³-hybridized carbons (Fsp3) is 0.800. The molecule has 1 unspecified atom stereocenters. The Morgan fingerprint density at radius 1 is 1.57 bits per heavy atom. The minimum atomic E-state index is -2.81. The van der Waals surface area contributed by atoms with Crippen LogP contribution in [0.3, 0.4) is 0 Å². The van der Waals surface area contributed by atoms with Gasteiger partial charge in [-0.25, -0.2) is 8.42 Å². The molecule has 1 heterocycles. The Balaban J connectivity index is 2.51. The molecule has 1 aliphatic rings. The molecule has 0 aromatic carbocycles. The first-order valence-electron chi connectivity index (χ1n) is 4.90. The maximum atomic E-state index is 11.4. The molecule has 1 saturated heterocycles. The van der Waals surface area contributed by atoms with Gasteiger partial charge in [0.25, 0.3) is 0 Å². The van der Waals surface area contributed by atoms with Crippen LogP contribution < -0.4 is 0 Å². The highest BCUT2D eigenvalue weighted by Crippen LogP contribution is 2.34. The third-order valence-corrected chi connectivity index (χ3v) is 4.79. The topological polar surface area (TPSA) is 43.4 Å². The highest BCUT2D eigenvalue weighted by molar-refractivity contribution is 7.91. The summed E-state index contributed by atoms with van der Waals surface area (Å²) in [6, 6.07) is 0. The Morgan fingerprint density at radius 2 is 2.29 bits per heavy atom. The summed E-state index contributed by atoms with van der Waals surface area (Å²) >= 11 is 0. The van der Waals surface area contributed by atoms with Crippen LogP contribution in [-0.4, -0.2) is 26.5 Å². The lowest BCUT2D eigenvalue weighted by molar-refractivity contribution is 0.179. The predicted molar refractivity (Wildman–Crippen MR) is 56.8 cm³/mol. The van der Waals surface area contributed by atoms with Gasteiger partial charge in [0.1, 0.15) is 0 Å². The van der Waals surface area contributed by atoms with Crippen molar-refractivity contribution in [1.82, 2.24) is 0 Å².